The maximum Gasteiger partial charge on any atom is 0.0356 e. The van der Waals surface area contributed by atoms with Crippen molar-refractivity contribution in [3.05, 3.63) is 83.6 Å². The number of hydrogen-bond donors (Lipinski definition) is 0. The Hall–Kier alpha value is -2.50. The van der Waals surface area contributed by atoms with Crippen LogP contribution >= 0.6 is 45.3 Å². The lowest BCUT2D eigenvalue weighted by Gasteiger charge is -1.97. The molecule has 3 aromatic carbocycles. The predicted octanol–water partition coefficient (Wildman–Crippen LogP) is 9.88. The van der Waals surface area contributed by atoms with Crippen molar-refractivity contribution in [2.45, 2.75) is 0 Å². The van der Waals surface area contributed by atoms with E-state index < -0.39 is 0 Å². The topological polar surface area (TPSA) is 0 Å². The summed E-state index contributed by atoms with van der Waals surface area (Å²) in [6.45, 7) is 0. The zero-order chi connectivity index (χ0) is 19.7. The van der Waals surface area contributed by atoms with E-state index in [-0.39, 0.29) is 0 Å². The molecule has 0 aliphatic rings. The maximum absolute atomic E-state index is 2.37. The summed E-state index contributed by atoms with van der Waals surface area (Å²) in [7, 11) is 0. The molecule has 7 aromatic rings. The Morgan fingerprint density at radius 3 is 1.40 bits per heavy atom. The lowest BCUT2D eigenvalue weighted by atomic mass is 10.1. The zero-order valence-corrected chi connectivity index (χ0v) is 19.0. The summed E-state index contributed by atoms with van der Waals surface area (Å²) in [6, 6.07) is 27.4. The molecular weight excluding hydrogens is 441 g/mol. The Kier molecular flexibility index (Phi) is 3.73. The van der Waals surface area contributed by atoms with Gasteiger partial charge < -0.3 is 0 Å². The summed E-state index contributed by atoms with van der Waals surface area (Å²) < 4.78 is 5.44. The fourth-order valence-corrected chi connectivity index (χ4v) is 7.91. The number of benzene rings is 3. The lowest BCUT2D eigenvalue weighted by Crippen LogP contribution is -1.70. The molecule has 4 aromatic heterocycles. The number of thiophene rings is 4. The molecule has 0 saturated carbocycles. The maximum atomic E-state index is 2.37. The number of hydrogen-bond acceptors (Lipinski definition) is 4. The molecule has 0 spiro atoms. The highest BCUT2D eigenvalue weighted by atomic mass is 32.1. The van der Waals surface area contributed by atoms with Gasteiger partial charge in [-0.05, 0) is 92.0 Å². The third-order valence-electron chi connectivity index (χ3n) is 5.64. The van der Waals surface area contributed by atoms with Crippen LogP contribution in [0, 0.1) is 0 Å². The quantitative estimate of drug-likeness (QED) is 0.244. The molecule has 0 fully saturated rings. The minimum atomic E-state index is 1.32. The molecule has 0 aliphatic carbocycles. The second-order valence-corrected chi connectivity index (χ2v) is 11.6. The Labute approximate surface area is 189 Å². The summed E-state index contributed by atoms with van der Waals surface area (Å²) in [5.41, 5.74) is 2.64. The zero-order valence-electron chi connectivity index (χ0n) is 15.7. The fraction of sp³-hybridized carbons (Fsp3) is 0. The molecule has 0 saturated heterocycles. The van der Waals surface area contributed by atoms with Crippen LogP contribution in [-0.2, 0) is 0 Å². The van der Waals surface area contributed by atoms with Crippen LogP contribution in [0.15, 0.2) is 83.6 Å². The molecule has 0 aliphatic heterocycles. The van der Waals surface area contributed by atoms with Gasteiger partial charge in [-0.1, -0.05) is 24.3 Å². The predicted molar refractivity (Wildman–Crippen MR) is 139 cm³/mol. The molecule has 0 nitrogen and oxygen atoms in total. The third-order valence-corrected chi connectivity index (χ3v) is 9.69. The monoisotopic (exact) mass is 454 g/mol. The Morgan fingerprint density at radius 2 is 0.900 bits per heavy atom. The summed E-state index contributed by atoms with van der Waals surface area (Å²) in [5, 5.41) is 9.69. The minimum Gasteiger partial charge on any atom is -0.144 e. The highest BCUT2D eigenvalue weighted by Gasteiger charge is 2.11. The van der Waals surface area contributed by atoms with Crippen molar-refractivity contribution in [2.24, 2.45) is 0 Å². The fourth-order valence-electron chi connectivity index (χ4n) is 4.07. The van der Waals surface area contributed by atoms with Gasteiger partial charge in [0.2, 0.25) is 0 Å². The second kappa shape index (κ2) is 6.50. The molecule has 30 heavy (non-hydrogen) atoms. The van der Waals surface area contributed by atoms with Crippen molar-refractivity contribution < 1.29 is 0 Å². The van der Waals surface area contributed by atoms with Crippen LogP contribution in [0.1, 0.15) is 0 Å². The molecule has 0 unspecified atom stereocenters. The van der Waals surface area contributed by atoms with Crippen molar-refractivity contribution in [3.8, 4) is 20.9 Å². The molecule has 0 bridgehead atoms. The molecule has 4 heterocycles. The summed E-state index contributed by atoms with van der Waals surface area (Å²) in [5.74, 6) is 0. The standard InChI is InChI=1S/C26H14S4/c1-3-17(9-21-15(1)5-7-27-21)23-11-19-13-26-20(14-25(19)29-23)12-24(30-26)18-4-2-16-6-8-28-22(16)10-18/h1-14H. The van der Waals surface area contributed by atoms with Gasteiger partial charge in [-0.25, -0.2) is 0 Å². The van der Waals surface area contributed by atoms with E-state index in [0.717, 1.165) is 0 Å². The van der Waals surface area contributed by atoms with E-state index in [4.69, 9.17) is 0 Å². The Morgan fingerprint density at radius 1 is 0.400 bits per heavy atom. The molecule has 0 radical (unpaired) electrons. The first kappa shape index (κ1) is 17.2. The molecular formula is C26H14S4. The van der Waals surface area contributed by atoms with Crippen LogP contribution in [0.5, 0.6) is 0 Å². The first-order chi connectivity index (χ1) is 14.8. The average Bonchev–Trinajstić information content (AvgIpc) is 3.55. The summed E-state index contributed by atoms with van der Waals surface area (Å²) >= 11 is 7.42. The molecule has 0 atom stereocenters. The number of fused-ring (bicyclic) bond motifs is 4. The van der Waals surface area contributed by atoms with Crippen LogP contribution in [0.3, 0.4) is 0 Å². The third kappa shape index (κ3) is 2.69. The van der Waals surface area contributed by atoms with E-state index in [9.17, 15) is 0 Å². The van der Waals surface area contributed by atoms with Crippen molar-refractivity contribution in [3.63, 3.8) is 0 Å². The minimum absolute atomic E-state index is 1.32. The van der Waals surface area contributed by atoms with Crippen molar-refractivity contribution in [1.29, 1.82) is 0 Å². The first-order valence-corrected chi connectivity index (χ1v) is 13.1. The summed E-state index contributed by atoms with van der Waals surface area (Å²) in [6.07, 6.45) is 0. The van der Waals surface area contributed by atoms with Crippen molar-refractivity contribution in [1.82, 2.24) is 0 Å². The van der Waals surface area contributed by atoms with Crippen LogP contribution in [-0.4, -0.2) is 0 Å². The van der Waals surface area contributed by atoms with Crippen LogP contribution in [0.25, 0.3) is 61.2 Å². The highest BCUT2D eigenvalue weighted by molar-refractivity contribution is 7.24. The van der Waals surface area contributed by atoms with Gasteiger partial charge in [-0.3, -0.25) is 0 Å². The van der Waals surface area contributed by atoms with Crippen LogP contribution in [0.4, 0.5) is 0 Å². The van der Waals surface area contributed by atoms with Gasteiger partial charge in [0.1, 0.15) is 0 Å². The molecule has 4 heteroatoms. The Balaban J connectivity index is 1.34. The molecule has 0 N–H and O–H groups in total. The second-order valence-electron chi connectivity index (χ2n) is 7.50. The van der Waals surface area contributed by atoms with Crippen molar-refractivity contribution in [2.75, 3.05) is 0 Å². The van der Waals surface area contributed by atoms with E-state index in [1.807, 2.05) is 45.3 Å². The van der Waals surface area contributed by atoms with Gasteiger partial charge in [0.25, 0.3) is 0 Å². The highest BCUT2D eigenvalue weighted by Crippen LogP contribution is 2.41. The smallest absolute Gasteiger partial charge is 0.0356 e. The summed E-state index contributed by atoms with van der Waals surface area (Å²) in [4.78, 5) is 2.70. The van der Waals surface area contributed by atoms with E-state index in [1.54, 1.807) is 0 Å². The largest absolute Gasteiger partial charge is 0.144 e. The van der Waals surface area contributed by atoms with Gasteiger partial charge >= 0.3 is 0 Å². The molecule has 142 valence electrons. The first-order valence-electron chi connectivity index (χ1n) is 9.73. The van der Waals surface area contributed by atoms with Crippen LogP contribution in [0.2, 0.25) is 0 Å². The van der Waals surface area contributed by atoms with Gasteiger partial charge in [0.15, 0.2) is 0 Å². The number of rotatable bonds is 2. The average molecular weight is 455 g/mol. The Bertz CT molecular complexity index is 1530. The van der Waals surface area contributed by atoms with Gasteiger partial charge in [0, 0.05) is 28.6 Å². The van der Waals surface area contributed by atoms with E-state index in [0.29, 0.717) is 0 Å². The van der Waals surface area contributed by atoms with E-state index in [1.165, 1.54) is 61.2 Å². The van der Waals surface area contributed by atoms with Gasteiger partial charge in [-0.2, -0.15) is 0 Å². The molecule has 0 amide bonds. The van der Waals surface area contributed by atoms with E-state index >= 15 is 0 Å². The normalized spacial score (nSPS) is 12.0. The molecule has 7 rings (SSSR count). The van der Waals surface area contributed by atoms with Gasteiger partial charge in [0.05, 0.1) is 0 Å². The van der Waals surface area contributed by atoms with Crippen molar-refractivity contribution >= 4 is 85.7 Å². The van der Waals surface area contributed by atoms with Gasteiger partial charge in [-0.15, -0.1) is 45.3 Å². The lowest BCUT2D eigenvalue weighted by molar-refractivity contribution is 1.81. The van der Waals surface area contributed by atoms with E-state index in [2.05, 4.69) is 83.6 Å². The van der Waals surface area contributed by atoms with Crippen LogP contribution < -0.4 is 0 Å². The SMILES string of the molecule is c1cc2ccc(-c3cc4cc5sc(-c6ccc7ccsc7c6)cc5cc4s3)cc2s1.